The van der Waals surface area contributed by atoms with Gasteiger partial charge in [0.15, 0.2) is 0 Å². The highest BCUT2D eigenvalue weighted by molar-refractivity contribution is 8.00. The quantitative estimate of drug-likeness (QED) is 0.932. The third-order valence-corrected chi connectivity index (χ3v) is 4.90. The summed E-state index contributed by atoms with van der Waals surface area (Å²) < 4.78 is 12.9. The SMILES string of the molecule is C[C@@H]1CN(CC(=O)NCc2ccc(F)cc2)c2ccccc2S1. The van der Waals surface area contributed by atoms with Gasteiger partial charge in [-0.05, 0) is 29.8 Å². The lowest BCUT2D eigenvalue weighted by Crippen LogP contribution is -2.41. The zero-order valence-electron chi connectivity index (χ0n) is 13.0. The van der Waals surface area contributed by atoms with Crippen LogP contribution in [0, 0.1) is 5.82 Å². The zero-order valence-corrected chi connectivity index (χ0v) is 13.8. The molecule has 0 aliphatic carbocycles. The van der Waals surface area contributed by atoms with Gasteiger partial charge in [-0.1, -0.05) is 31.2 Å². The third-order valence-electron chi connectivity index (χ3n) is 3.75. The molecule has 5 heteroatoms. The zero-order chi connectivity index (χ0) is 16.2. The van der Waals surface area contributed by atoms with Crippen LogP contribution >= 0.6 is 11.8 Å². The van der Waals surface area contributed by atoms with Crippen molar-refractivity contribution in [1.82, 2.24) is 5.32 Å². The molecule has 120 valence electrons. The maximum atomic E-state index is 12.9. The van der Waals surface area contributed by atoms with Gasteiger partial charge >= 0.3 is 0 Å². The Kier molecular flexibility index (Phi) is 4.86. The molecule has 0 fully saturated rings. The van der Waals surface area contributed by atoms with Crippen molar-refractivity contribution < 1.29 is 9.18 Å². The minimum absolute atomic E-state index is 0.0248. The molecule has 0 aromatic heterocycles. The monoisotopic (exact) mass is 330 g/mol. The molecule has 3 nitrogen and oxygen atoms in total. The van der Waals surface area contributed by atoms with Crippen LogP contribution in [0.3, 0.4) is 0 Å². The molecule has 2 aromatic carbocycles. The summed E-state index contributed by atoms with van der Waals surface area (Å²) in [6.45, 7) is 3.78. The number of hydrogen-bond acceptors (Lipinski definition) is 3. The Balaban J connectivity index is 1.60. The molecule has 1 aliphatic heterocycles. The van der Waals surface area contributed by atoms with E-state index in [1.54, 1.807) is 12.1 Å². The standard InChI is InChI=1S/C18H19FN2OS/c1-13-11-21(16-4-2-3-5-17(16)23-13)12-18(22)20-10-14-6-8-15(19)9-7-14/h2-9,13H,10-12H2,1H3,(H,20,22)/t13-/m1/s1. The average Bonchev–Trinajstić information content (AvgIpc) is 2.54. The summed E-state index contributed by atoms with van der Waals surface area (Å²) in [7, 11) is 0. The molecule has 2 aromatic rings. The number of carbonyl (C=O) groups is 1. The highest BCUT2D eigenvalue weighted by atomic mass is 32.2. The fraction of sp³-hybridized carbons (Fsp3) is 0.278. The van der Waals surface area contributed by atoms with E-state index in [2.05, 4.69) is 29.3 Å². The fourth-order valence-electron chi connectivity index (χ4n) is 2.66. The number of nitrogens with zero attached hydrogens (tertiary/aromatic N) is 1. The van der Waals surface area contributed by atoms with Gasteiger partial charge in [-0.25, -0.2) is 4.39 Å². The number of halogens is 1. The molecule has 1 heterocycles. The second-order valence-corrected chi connectivity index (χ2v) is 7.16. The summed E-state index contributed by atoms with van der Waals surface area (Å²) in [6.07, 6.45) is 0. The third kappa shape index (κ3) is 4.05. The Morgan fingerprint density at radius 2 is 2.00 bits per heavy atom. The van der Waals surface area contributed by atoms with E-state index >= 15 is 0 Å². The van der Waals surface area contributed by atoms with E-state index in [4.69, 9.17) is 0 Å². The maximum absolute atomic E-state index is 12.9. The van der Waals surface area contributed by atoms with Gasteiger partial charge in [0.1, 0.15) is 5.82 Å². The number of nitrogens with one attached hydrogen (secondary N) is 1. The van der Waals surface area contributed by atoms with Crippen LogP contribution in [0.4, 0.5) is 10.1 Å². The van der Waals surface area contributed by atoms with E-state index in [0.717, 1.165) is 17.8 Å². The summed E-state index contributed by atoms with van der Waals surface area (Å²) in [5.41, 5.74) is 2.01. The molecule has 0 radical (unpaired) electrons. The van der Waals surface area contributed by atoms with Crippen molar-refractivity contribution >= 4 is 23.4 Å². The molecule has 23 heavy (non-hydrogen) atoms. The largest absolute Gasteiger partial charge is 0.360 e. The Bertz CT molecular complexity index is 690. The Hall–Kier alpha value is -2.01. The molecule has 0 bridgehead atoms. The van der Waals surface area contributed by atoms with E-state index in [0.29, 0.717) is 18.3 Å². The van der Waals surface area contributed by atoms with E-state index in [-0.39, 0.29) is 11.7 Å². The van der Waals surface area contributed by atoms with Crippen molar-refractivity contribution in [3.05, 3.63) is 59.9 Å². The van der Waals surface area contributed by atoms with Crippen molar-refractivity contribution in [3.63, 3.8) is 0 Å². The van der Waals surface area contributed by atoms with Crippen LogP contribution in [0.25, 0.3) is 0 Å². The molecule has 0 spiro atoms. The van der Waals surface area contributed by atoms with Gasteiger partial charge in [0.25, 0.3) is 0 Å². The van der Waals surface area contributed by atoms with Crippen LogP contribution in [0.15, 0.2) is 53.4 Å². The second-order valence-electron chi connectivity index (χ2n) is 5.68. The molecular formula is C18H19FN2OS. The van der Waals surface area contributed by atoms with Gasteiger partial charge < -0.3 is 10.2 Å². The molecule has 3 rings (SSSR count). The number of para-hydroxylation sites is 1. The van der Waals surface area contributed by atoms with E-state index < -0.39 is 0 Å². The summed E-state index contributed by atoms with van der Waals surface area (Å²) in [4.78, 5) is 15.6. The van der Waals surface area contributed by atoms with Gasteiger partial charge in [0.2, 0.25) is 5.91 Å². The Morgan fingerprint density at radius 1 is 1.26 bits per heavy atom. The summed E-state index contributed by atoms with van der Waals surface area (Å²) in [5, 5.41) is 3.36. The predicted octanol–water partition coefficient (Wildman–Crippen LogP) is 3.44. The Morgan fingerprint density at radius 3 is 2.78 bits per heavy atom. The molecule has 0 unspecified atom stereocenters. The number of benzene rings is 2. The highest BCUT2D eigenvalue weighted by Crippen LogP contribution is 2.37. The lowest BCUT2D eigenvalue weighted by Gasteiger charge is -2.33. The van der Waals surface area contributed by atoms with E-state index in [1.807, 2.05) is 23.9 Å². The summed E-state index contributed by atoms with van der Waals surface area (Å²) in [5.74, 6) is -0.292. The minimum Gasteiger partial charge on any atom is -0.360 e. The van der Waals surface area contributed by atoms with Gasteiger partial charge in [0, 0.05) is 23.2 Å². The Labute approximate surface area is 139 Å². The van der Waals surface area contributed by atoms with Crippen LogP contribution in [0.5, 0.6) is 0 Å². The molecule has 0 saturated heterocycles. The van der Waals surface area contributed by atoms with Gasteiger partial charge in [0.05, 0.1) is 12.2 Å². The van der Waals surface area contributed by atoms with E-state index in [9.17, 15) is 9.18 Å². The van der Waals surface area contributed by atoms with Gasteiger partial charge in [-0.2, -0.15) is 0 Å². The van der Waals surface area contributed by atoms with Crippen molar-refractivity contribution in [2.75, 3.05) is 18.0 Å². The number of thioether (sulfide) groups is 1. The number of hydrogen-bond donors (Lipinski definition) is 1. The minimum atomic E-state index is -0.267. The first-order valence-corrected chi connectivity index (χ1v) is 8.51. The highest BCUT2D eigenvalue weighted by Gasteiger charge is 2.23. The second kappa shape index (κ2) is 7.04. The smallest absolute Gasteiger partial charge is 0.239 e. The molecule has 1 N–H and O–H groups in total. The van der Waals surface area contributed by atoms with Crippen molar-refractivity contribution in [3.8, 4) is 0 Å². The summed E-state index contributed by atoms with van der Waals surface area (Å²) in [6, 6.07) is 14.4. The maximum Gasteiger partial charge on any atom is 0.239 e. The van der Waals surface area contributed by atoms with Crippen LogP contribution in [-0.2, 0) is 11.3 Å². The van der Waals surface area contributed by atoms with Crippen molar-refractivity contribution in [2.45, 2.75) is 23.6 Å². The van der Waals surface area contributed by atoms with Gasteiger partial charge in [-0.3, -0.25) is 4.79 Å². The molecule has 1 atom stereocenters. The lowest BCUT2D eigenvalue weighted by atomic mass is 10.2. The van der Waals surface area contributed by atoms with E-state index in [1.165, 1.54) is 17.0 Å². The topological polar surface area (TPSA) is 32.3 Å². The number of amides is 1. The van der Waals surface area contributed by atoms with Gasteiger partial charge in [-0.15, -0.1) is 11.8 Å². The molecule has 0 saturated carbocycles. The summed E-state index contributed by atoms with van der Waals surface area (Å²) >= 11 is 1.85. The fourth-order valence-corrected chi connectivity index (χ4v) is 3.83. The normalized spacial score (nSPS) is 16.8. The van der Waals surface area contributed by atoms with Crippen LogP contribution in [0.1, 0.15) is 12.5 Å². The molecule has 1 aliphatic rings. The molecular weight excluding hydrogens is 311 g/mol. The molecule has 1 amide bonds. The van der Waals surface area contributed by atoms with Crippen molar-refractivity contribution in [2.24, 2.45) is 0 Å². The number of carbonyl (C=O) groups excluding carboxylic acids is 1. The average molecular weight is 330 g/mol. The number of fused-ring (bicyclic) bond motifs is 1. The first-order valence-electron chi connectivity index (χ1n) is 7.63. The first-order chi connectivity index (χ1) is 11.1. The first kappa shape index (κ1) is 15.9. The predicted molar refractivity (Wildman–Crippen MR) is 92.2 cm³/mol. The van der Waals surface area contributed by atoms with Crippen molar-refractivity contribution in [1.29, 1.82) is 0 Å². The number of anilines is 1. The van der Waals surface area contributed by atoms with Crippen LogP contribution in [0.2, 0.25) is 0 Å². The number of rotatable bonds is 4. The lowest BCUT2D eigenvalue weighted by molar-refractivity contribution is -0.119. The van der Waals surface area contributed by atoms with Crippen LogP contribution in [-0.4, -0.2) is 24.2 Å². The van der Waals surface area contributed by atoms with Crippen LogP contribution < -0.4 is 10.2 Å².